The number of likely N-dealkylation sites (tertiary alicyclic amines) is 1. The summed E-state index contributed by atoms with van der Waals surface area (Å²) in [5.41, 5.74) is 0.937. The highest BCUT2D eigenvalue weighted by Crippen LogP contribution is 2.23. The predicted octanol–water partition coefficient (Wildman–Crippen LogP) is 1.53. The monoisotopic (exact) mass is 399 g/mol. The van der Waals surface area contributed by atoms with Crippen LogP contribution in [-0.4, -0.2) is 72.9 Å². The third kappa shape index (κ3) is 4.74. The van der Waals surface area contributed by atoms with E-state index >= 15 is 0 Å². The topological polar surface area (TPSA) is 70.2 Å². The Morgan fingerprint density at radius 1 is 1.04 bits per heavy atom. The van der Waals surface area contributed by atoms with Crippen LogP contribution in [0.25, 0.3) is 0 Å². The van der Waals surface area contributed by atoms with Gasteiger partial charge >= 0.3 is 6.09 Å². The summed E-state index contributed by atoms with van der Waals surface area (Å²) in [5, 5.41) is -0.406. The number of piperidine rings is 1. The first-order chi connectivity index (χ1) is 12.5. The van der Waals surface area contributed by atoms with Gasteiger partial charge < -0.3 is 9.64 Å². The molecule has 1 atom stereocenters. The zero-order valence-electron chi connectivity index (χ0n) is 14.8. The molecule has 1 amide bonds. The first-order valence-electron chi connectivity index (χ1n) is 8.91. The van der Waals surface area contributed by atoms with E-state index in [9.17, 15) is 13.2 Å². The molecule has 2 aliphatic rings. The minimum Gasteiger partial charge on any atom is -0.445 e. The van der Waals surface area contributed by atoms with Crippen molar-refractivity contribution in [1.82, 2.24) is 13.9 Å². The Labute approximate surface area is 157 Å². The lowest BCUT2D eigenvalue weighted by atomic mass is 10.1. The lowest BCUT2D eigenvalue weighted by Gasteiger charge is -2.37. The number of sulfonamides is 1. The molecule has 2 saturated heterocycles. The third-order valence-electron chi connectivity index (χ3n) is 4.96. The van der Waals surface area contributed by atoms with E-state index in [0.717, 1.165) is 18.7 Å². The second-order valence-electron chi connectivity index (χ2n) is 6.71. The van der Waals surface area contributed by atoms with Gasteiger partial charge in [0.15, 0.2) is 0 Å². The number of carbonyl (C=O) groups is 1. The molecule has 0 aromatic heterocycles. The van der Waals surface area contributed by atoms with E-state index in [0.29, 0.717) is 39.0 Å². The number of rotatable bonds is 4. The maximum atomic E-state index is 12.8. The lowest BCUT2D eigenvalue weighted by Crippen LogP contribution is -2.51. The number of amides is 1. The molecule has 1 aromatic carbocycles. The Balaban J connectivity index is 1.48. The molecule has 1 unspecified atom stereocenters. The molecule has 0 N–H and O–H groups in total. The van der Waals surface area contributed by atoms with Gasteiger partial charge in [0.1, 0.15) is 6.61 Å². The van der Waals surface area contributed by atoms with Gasteiger partial charge in [-0.3, -0.25) is 4.67 Å². The SMILES string of the molecule is O=C(OCc1ccccc1)N1CCC(S(=O)(=O)N2CCN(P)CC2)CC1. The van der Waals surface area contributed by atoms with E-state index in [1.807, 2.05) is 30.3 Å². The highest BCUT2D eigenvalue weighted by atomic mass is 32.2. The van der Waals surface area contributed by atoms with E-state index in [2.05, 4.69) is 14.1 Å². The van der Waals surface area contributed by atoms with Gasteiger partial charge in [-0.05, 0) is 18.4 Å². The number of hydrogen-bond donors (Lipinski definition) is 0. The molecule has 9 heteroatoms. The Hall–Kier alpha value is -1.21. The van der Waals surface area contributed by atoms with E-state index in [4.69, 9.17) is 4.74 Å². The highest BCUT2D eigenvalue weighted by molar-refractivity contribution is 7.89. The van der Waals surface area contributed by atoms with Crippen molar-refractivity contribution < 1.29 is 17.9 Å². The third-order valence-corrected chi connectivity index (χ3v) is 7.87. The normalized spacial score (nSPS) is 20.9. The Morgan fingerprint density at radius 2 is 1.65 bits per heavy atom. The number of benzene rings is 1. The van der Waals surface area contributed by atoms with Gasteiger partial charge in [0.2, 0.25) is 10.0 Å². The van der Waals surface area contributed by atoms with Gasteiger partial charge in [-0.25, -0.2) is 13.2 Å². The van der Waals surface area contributed by atoms with Crippen LogP contribution < -0.4 is 0 Å². The number of hydrogen-bond acceptors (Lipinski definition) is 5. The molecule has 3 rings (SSSR count). The number of nitrogens with zero attached hydrogens (tertiary/aromatic N) is 3. The molecule has 0 spiro atoms. The van der Waals surface area contributed by atoms with Crippen LogP contribution in [0.4, 0.5) is 4.79 Å². The molecule has 2 fully saturated rings. The van der Waals surface area contributed by atoms with Crippen LogP contribution in [0.3, 0.4) is 0 Å². The minimum absolute atomic E-state index is 0.233. The number of piperazine rings is 1. The summed E-state index contributed by atoms with van der Waals surface area (Å²) < 4.78 is 34.6. The zero-order chi connectivity index (χ0) is 18.6. The minimum atomic E-state index is -3.29. The number of ether oxygens (including phenoxy) is 1. The fourth-order valence-electron chi connectivity index (χ4n) is 3.32. The second kappa shape index (κ2) is 8.65. The first-order valence-corrected chi connectivity index (χ1v) is 10.9. The average Bonchev–Trinajstić information content (AvgIpc) is 2.67. The molecular weight excluding hydrogens is 373 g/mol. The smallest absolute Gasteiger partial charge is 0.410 e. The Kier molecular flexibility index (Phi) is 6.51. The van der Waals surface area contributed by atoms with Crippen molar-refractivity contribution in [3.8, 4) is 0 Å². The van der Waals surface area contributed by atoms with Crippen molar-refractivity contribution >= 4 is 25.5 Å². The molecular formula is C17H26N3O4PS. The predicted molar refractivity (Wildman–Crippen MR) is 103 cm³/mol. The molecule has 0 aliphatic carbocycles. The van der Waals surface area contributed by atoms with Gasteiger partial charge in [0, 0.05) is 39.3 Å². The fraction of sp³-hybridized carbons (Fsp3) is 0.588. The van der Waals surface area contributed by atoms with Crippen LogP contribution >= 0.6 is 9.39 Å². The Bertz CT molecular complexity index is 700. The van der Waals surface area contributed by atoms with Crippen LogP contribution in [0.2, 0.25) is 0 Å². The fourth-order valence-corrected chi connectivity index (χ4v) is 5.45. The van der Waals surface area contributed by atoms with Crippen LogP contribution in [0, 0.1) is 0 Å². The summed E-state index contributed by atoms with van der Waals surface area (Å²) in [6.45, 7) is 3.60. The van der Waals surface area contributed by atoms with Crippen LogP contribution in [-0.2, 0) is 21.4 Å². The van der Waals surface area contributed by atoms with E-state index < -0.39 is 15.3 Å². The maximum absolute atomic E-state index is 12.8. The summed E-state index contributed by atoms with van der Waals surface area (Å²) in [6.07, 6.45) is 0.551. The molecule has 1 aromatic rings. The molecule has 2 aliphatic heterocycles. The average molecular weight is 399 g/mol. The van der Waals surface area contributed by atoms with E-state index in [1.54, 1.807) is 9.21 Å². The van der Waals surface area contributed by atoms with E-state index in [1.165, 1.54) is 0 Å². The van der Waals surface area contributed by atoms with Gasteiger partial charge in [-0.2, -0.15) is 4.31 Å². The number of carbonyl (C=O) groups excluding carboxylic acids is 1. The van der Waals surface area contributed by atoms with Crippen molar-refractivity contribution in [3.05, 3.63) is 35.9 Å². The van der Waals surface area contributed by atoms with Gasteiger partial charge in [-0.1, -0.05) is 39.7 Å². The highest BCUT2D eigenvalue weighted by Gasteiger charge is 2.37. The van der Waals surface area contributed by atoms with Crippen molar-refractivity contribution in [2.45, 2.75) is 24.7 Å². The summed E-state index contributed by atoms with van der Waals surface area (Å²) in [5.74, 6) is 0. The van der Waals surface area contributed by atoms with Gasteiger partial charge in [-0.15, -0.1) is 0 Å². The first kappa shape index (κ1) is 19.5. The molecule has 0 bridgehead atoms. The second-order valence-corrected chi connectivity index (χ2v) is 9.65. The van der Waals surface area contributed by atoms with Crippen LogP contribution in [0.5, 0.6) is 0 Å². The maximum Gasteiger partial charge on any atom is 0.410 e. The van der Waals surface area contributed by atoms with E-state index in [-0.39, 0.29) is 12.7 Å². The van der Waals surface area contributed by atoms with Gasteiger partial charge in [0.25, 0.3) is 0 Å². The zero-order valence-corrected chi connectivity index (χ0v) is 16.8. The van der Waals surface area contributed by atoms with Crippen molar-refractivity contribution in [2.75, 3.05) is 39.3 Å². The molecule has 7 nitrogen and oxygen atoms in total. The molecule has 0 radical (unpaired) electrons. The summed E-state index contributed by atoms with van der Waals surface area (Å²) >= 11 is 0. The van der Waals surface area contributed by atoms with Crippen molar-refractivity contribution in [1.29, 1.82) is 0 Å². The van der Waals surface area contributed by atoms with Crippen molar-refractivity contribution in [2.24, 2.45) is 0 Å². The summed E-state index contributed by atoms with van der Waals surface area (Å²) in [4.78, 5) is 13.8. The quantitative estimate of drug-likeness (QED) is 0.718. The van der Waals surface area contributed by atoms with Gasteiger partial charge in [0.05, 0.1) is 5.25 Å². The van der Waals surface area contributed by atoms with Crippen molar-refractivity contribution in [3.63, 3.8) is 0 Å². The van der Waals surface area contributed by atoms with Crippen LogP contribution in [0.15, 0.2) is 30.3 Å². The van der Waals surface area contributed by atoms with Crippen LogP contribution in [0.1, 0.15) is 18.4 Å². The molecule has 26 heavy (non-hydrogen) atoms. The molecule has 0 saturated carbocycles. The summed E-state index contributed by atoms with van der Waals surface area (Å²) in [7, 11) is -0.676. The molecule has 144 valence electrons. The lowest BCUT2D eigenvalue weighted by molar-refractivity contribution is 0.0894. The Morgan fingerprint density at radius 3 is 2.27 bits per heavy atom. The largest absolute Gasteiger partial charge is 0.445 e. The summed E-state index contributed by atoms with van der Waals surface area (Å²) in [6, 6.07) is 9.52. The standard InChI is InChI=1S/C17H26N3O4PS/c21-17(24-14-15-4-2-1-3-5-15)18-8-6-16(7-9-18)26(22,23)20-12-10-19(25)11-13-20/h1-5,16H,6-14,25H2. The molecule has 2 heterocycles.